The van der Waals surface area contributed by atoms with Gasteiger partial charge in [0, 0.05) is 24.2 Å². The molecule has 0 amide bonds. The van der Waals surface area contributed by atoms with Gasteiger partial charge in [-0.2, -0.15) is 5.10 Å². The monoisotopic (exact) mass is 179 g/mol. The predicted molar refractivity (Wildman–Crippen MR) is 52.5 cm³/mol. The molecule has 0 saturated heterocycles. The minimum absolute atomic E-state index is 0.0558. The highest BCUT2D eigenvalue weighted by Crippen LogP contribution is 2.44. The van der Waals surface area contributed by atoms with Crippen LogP contribution >= 0.6 is 0 Å². The van der Waals surface area contributed by atoms with Gasteiger partial charge in [0.25, 0.3) is 0 Å². The van der Waals surface area contributed by atoms with E-state index >= 15 is 0 Å². The van der Waals surface area contributed by atoms with E-state index in [1.165, 1.54) is 5.69 Å². The molecule has 1 aromatic rings. The molecular formula is C10H17N3. The maximum atomic E-state index is 6.16. The summed E-state index contributed by atoms with van der Waals surface area (Å²) in [5.41, 5.74) is 8.55. The number of hydrogen-bond donors (Lipinski definition) is 1. The van der Waals surface area contributed by atoms with Crippen molar-refractivity contribution in [3.8, 4) is 0 Å². The second-order valence-electron chi connectivity index (χ2n) is 4.29. The summed E-state index contributed by atoms with van der Waals surface area (Å²) in [5, 5.41) is 4.33. The van der Waals surface area contributed by atoms with Crippen molar-refractivity contribution < 1.29 is 0 Å². The van der Waals surface area contributed by atoms with Crippen LogP contribution in [0.2, 0.25) is 0 Å². The molecule has 0 aliphatic heterocycles. The van der Waals surface area contributed by atoms with Crippen molar-refractivity contribution in [1.29, 1.82) is 0 Å². The Morgan fingerprint density at radius 1 is 1.62 bits per heavy atom. The van der Waals surface area contributed by atoms with E-state index in [2.05, 4.69) is 18.1 Å². The molecule has 2 rings (SSSR count). The lowest BCUT2D eigenvalue weighted by Gasteiger charge is -2.18. The molecule has 3 heteroatoms. The SMILES string of the molecule is Cc1cc(C(C)C2(N)CC2)n(C)n1. The van der Waals surface area contributed by atoms with E-state index in [9.17, 15) is 0 Å². The van der Waals surface area contributed by atoms with Gasteiger partial charge in [-0.15, -0.1) is 0 Å². The number of rotatable bonds is 2. The van der Waals surface area contributed by atoms with Crippen LogP contribution < -0.4 is 5.73 Å². The second kappa shape index (κ2) is 2.58. The van der Waals surface area contributed by atoms with Crippen molar-refractivity contribution in [1.82, 2.24) is 9.78 Å². The summed E-state index contributed by atoms with van der Waals surface area (Å²) in [6.07, 6.45) is 2.30. The highest BCUT2D eigenvalue weighted by Gasteiger charge is 2.44. The van der Waals surface area contributed by atoms with Crippen LogP contribution in [0.25, 0.3) is 0 Å². The van der Waals surface area contributed by atoms with Crippen LogP contribution in [0.3, 0.4) is 0 Å². The van der Waals surface area contributed by atoms with Crippen LogP contribution in [-0.2, 0) is 7.05 Å². The summed E-state index contributed by atoms with van der Waals surface area (Å²) in [6, 6.07) is 2.14. The molecule has 0 aromatic carbocycles. The lowest BCUT2D eigenvalue weighted by Crippen LogP contribution is -2.29. The molecular weight excluding hydrogens is 162 g/mol. The van der Waals surface area contributed by atoms with Gasteiger partial charge in [-0.3, -0.25) is 4.68 Å². The third-order valence-corrected chi connectivity index (χ3v) is 3.17. The fourth-order valence-corrected chi connectivity index (χ4v) is 1.91. The number of nitrogens with zero attached hydrogens (tertiary/aromatic N) is 2. The van der Waals surface area contributed by atoms with Crippen LogP contribution in [0, 0.1) is 6.92 Å². The molecule has 1 saturated carbocycles. The standard InChI is InChI=1S/C10H17N3/c1-7-6-9(13(3)12-7)8(2)10(11)4-5-10/h6,8H,4-5,11H2,1-3H3. The lowest BCUT2D eigenvalue weighted by molar-refractivity contribution is 0.517. The Hall–Kier alpha value is -0.830. The van der Waals surface area contributed by atoms with Crippen molar-refractivity contribution in [2.45, 2.75) is 38.1 Å². The van der Waals surface area contributed by atoms with Crippen LogP contribution in [0.5, 0.6) is 0 Å². The van der Waals surface area contributed by atoms with Crippen molar-refractivity contribution in [2.24, 2.45) is 12.8 Å². The molecule has 1 aliphatic carbocycles. The van der Waals surface area contributed by atoms with Gasteiger partial charge >= 0.3 is 0 Å². The summed E-state index contributed by atoms with van der Waals surface area (Å²) in [6.45, 7) is 4.22. The molecule has 0 spiro atoms. The topological polar surface area (TPSA) is 43.8 Å². The van der Waals surface area contributed by atoms with E-state index in [0.29, 0.717) is 5.92 Å². The summed E-state index contributed by atoms with van der Waals surface area (Å²) in [7, 11) is 1.99. The average molecular weight is 179 g/mol. The summed E-state index contributed by atoms with van der Waals surface area (Å²) >= 11 is 0. The zero-order valence-corrected chi connectivity index (χ0v) is 8.54. The van der Waals surface area contributed by atoms with Gasteiger partial charge in [0.1, 0.15) is 0 Å². The van der Waals surface area contributed by atoms with Gasteiger partial charge in [0.2, 0.25) is 0 Å². The third-order valence-electron chi connectivity index (χ3n) is 3.17. The van der Waals surface area contributed by atoms with Gasteiger partial charge < -0.3 is 5.73 Å². The molecule has 1 atom stereocenters. The summed E-state index contributed by atoms with van der Waals surface area (Å²) in [4.78, 5) is 0. The first-order chi connectivity index (χ1) is 6.03. The Morgan fingerprint density at radius 3 is 2.62 bits per heavy atom. The minimum atomic E-state index is 0.0558. The van der Waals surface area contributed by atoms with Crippen LogP contribution in [0.15, 0.2) is 6.07 Å². The molecule has 0 radical (unpaired) electrons. The van der Waals surface area contributed by atoms with Crippen molar-refractivity contribution >= 4 is 0 Å². The summed E-state index contributed by atoms with van der Waals surface area (Å²) < 4.78 is 1.95. The first kappa shape index (κ1) is 8.75. The number of aryl methyl sites for hydroxylation is 2. The first-order valence-electron chi connectivity index (χ1n) is 4.82. The van der Waals surface area contributed by atoms with Gasteiger partial charge in [0.15, 0.2) is 0 Å². The Balaban J connectivity index is 2.29. The van der Waals surface area contributed by atoms with Crippen molar-refractivity contribution in [3.05, 3.63) is 17.5 Å². The van der Waals surface area contributed by atoms with Crippen molar-refractivity contribution in [2.75, 3.05) is 0 Å². The van der Waals surface area contributed by atoms with Gasteiger partial charge in [-0.25, -0.2) is 0 Å². The van der Waals surface area contributed by atoms with Gasteiger partial charge in [-0.1, -0.05) is 6.92 Å². The quantitative estimate of drug-likeness (QED) is 0.744. The number of aromatic nitrogens is 2. The minimum Gasteiger partial charge on any atom is -0.325 e. The maximum Gasteiger partial charge on any atom is 0.0596 e. The van der Waals surface area contributed by atoms with Crippen LogP contribution in [0.1, 0.15) is 37.1 Å². The molecule has 0 bridgehead atoms. The fourth-order valence-electron chi connectivity index (χ4n) is 1.91. The molecule has 2 N–H and O–H groups in total. The molecule has 1 fully saturated rings. The van der Waals surface area contributed by atoms with Gasteiger partial charge in [-0.05, 0) is 25.8 Å². The fraction of sp³-hybridized carbons (Fsp3) is 0.700. The van der Waals surface area contributed by atoms with E-state index < -0.39 is 0 Å². The van der Waals surface area contributed by atoms with E-state index in [-0.39, 0.29) is 5.54 Å². The van der Waals surface area contributed by atoms with Crippen LogP contribution in [0.4, 0.5) is 0 Å². The third kappa shape index (κ3) is 1.37. The Bertz CT molecular complexity index is 323. The van der Waals surface area contributed by atoms with E-state index in [1.54, 1.807) is 0 Å². The second-order valence-corrected chi connectivity index (χ2v) is 4.29. The van der Waals surface area contributed by atoms with Gasteiger partial charge in [0.05, 0.1) is 5.69 Å². The largest absolute Gasteiger partial charge is 0.325 e. The van der Waals surface area contributed by atoms with E-state index in [1.807, 2.05) is 18.7 Å². The predicted octanol–water partition coefficient (Wildman–Crippen LogP) is 1.32. The molecule has 3 nitrogen and oxygen atoms in total. The van der Waals surface area contributed by atoms with Crippen LogP contribution in [-0.4, -0.2) is 15.3 Å². The zero-order chi connectivity index (χ0) is 9.64. The first-order valence-corrected chi connectivity index (χ1v) is 4.82. The molecule has 1 aromatic heterocycles. The number of hydrogen-bond acceptors (Lipinski definition) is 2. The maximum absolute atomic E-state index is 6.16. The normalized spacial score (nSPS) is 21.5. The molecule has 13 heavy (non-hydrogen) atoms. The zero-order valence-electron chi connectivity index (χ0n) is 8.54. The van der Waals surface area contributed by atoms with E-state index in [0.717, 1.165) is 18.5 Å². The Kier molecular flexibility index (Phi) is 1.74. The highest BCUT2D eigenvalue weighted by molar-refractivity contribution is 5.22. The smallest absolute Gasteiger partial charge is 0.0596 e. The molecule has 72 valence electrons. The van der Waals surface area contributed by atoms with Crippen molar-refractivity contribution in [3.63, 3.8) is 0 Å². The number of nitrogens with two attached hydrogens (primary N) is 1. The Morgan fingerprint density at radius 2 is 2.23 bits per heavy atom. The Labute approximate surface area is 78.9 Å². The molecule has 1 heterocycles. The van der Waals surface area contributed by atoms with E-state index in [4.69, 9.17) is 5.73 Å². The molecule has 1 unspecified atom stereocenters. The summed E-state index contributed by atoms with van der Waals surface area (Å²) in [5.74, 6) is 0.429. The average Bonchev–Trinajstić information content (AvgIpc) is 2.71. The highest BCUT2D eigenvalue weighted by atomic mass is 15.3. The lowest BCUT2D eigenvalue weighted by atomic mass is 9.96. The molecule has 1 aliphatic rings.